The van der Waals surface area contributed by atoms with Crippen LogP contribution in [0.4, 0.5) is 5.69 Å². The molecule has 34 heavy (non-hydrogen) atoms. The van der Waals surface area contributed by atoms with Gasteiger partial charge in [-0.25, -0.2) is 18.0 Å². The zero-order chi connectivity index (χ0) is 24.7. The van der Waals surface area contributed by atoms with Gasteiger partial charge in [-0.1, -0.05) is 25.5 Å². The molecule has 180 valence electrons. The van der Waals surface area contributed by atoms with Gasteiger partial charge in [0.2, 0.25) is 0 Å². The van der Waals surface area contributed by atoms with Crippen molar-refractivity contribution >= 4 is 39.4 Å². The Morgan fingerprint density at radius 2 is 1.76 bits per heavy atom. The zero-order valence-corrected chi connectivity index (χ0v) is 19.6. The molecule has 0 spiro atoms. The van der Waals surface area contributed by atoms with E-state index >= 15 is 0 Å². The lowest BCUT2D eigenvalue weighted by Gasteiger charge is -2.10. The number of nitrogens with one attached hydrogen (secondary N) is 2. The van der Waals surface area contributed by atoms with Crippen LogP contribution in [-0.2, 0) is 29.1 Å². The maximum Gasteiger partial charge on any atom is 0.338 e. The Bertz CT molecular complexity index is 1210. The fourth-order valence-electron chi connectivity index (χ4n) is 3.01. The van der Waals surface area contributed by atoms with Crippen LogP contribution in [0.3, 0.4) is 0 Å². The molecule has 0 radical (unpaired) electrons. The molecule has 2 aromatic carbocycles. The molecule has 1 amide bonds. The van der Waals surface area contributed by atoms with Crippen molar-refractivity contribution in [3.05, 3.63) is 59.7 Å². The summed E-state index contributed by atoms with van der Waals surface area (Å²) in [6, 6.07) is 11.3. The quantitative estimate of drug-likeness (QED) is 0.408. The summed E-state index contributed by atoms with van der Waals surface area (Å²) in [5.41, 5.74) is 1.13. The molecule has 2 aromatic rings. The number of carbonyl (C=O) groups is 3. The van der Waals surface area contributed by atoms with E-state index < -0.39 is 40.5 Å². The average molecular weight is 488 g/mol. The van der Waals surface area contributed by atoms with E-state index in [0.717, 1.165) is 12.8 Å². The van der Waals surface area contributed by atoms with Gasteiger partial charge in [0.1, 0.15) is 11.9 Å². The number of esters is 2. The molecule has 1 unspecified atom stereocenters. The first-order chi connectivity index (χ1) is 16.2. The first-order valence-corrected chi connectivity index (χ1v) is 12.1. The van der Waals surface area contributed by atoms with Crippen LogP contribution in [0.15, 0.2) is 58.4 Å². The van der Waals surface area contributed by atoms with Crippen LogP contribution in [-0.4, -0.2) is 51.4 Å². The average Bonchev–Trinajstić information content (AvgIpc) is 3.07. The lowest BCUT2D eigenvalue weighted by molar-refractivity contribution is -0.148. The van der Waals surface area contributed by atoms with Gasteiger partial charge in [-0.3, -0.25) is 14.5 Å². The highest BCUT2D eigenvalue weighted by Gasteiger charge is 2.31. The number of anilines is 1. The molecule has 11 heteroatoms. The van der Waals surface area contributed by atoms with Crippen molar-refractivity contribution in [2.45, 2.75) is 37.6 Å². The molecule has 0 bridgehead atoms. The lowest BCUT2D eigenvalue weighted by atomic mass is 10.2. The summed E-state index contributed by atoms with van der Waals surface area (Å²) in [6.07, 6.45) is 1.70. The predicted octanol–water partition coefficient (Wildman–Crippen LogP) is 2.25. The van der Waals surface area contributed by atoms with Gasteiger partial charge < -0.3 is 14.8 Å². The van der Waals surface area contributed by atoms with E-state index in [4.69, 9.17) is 9.47 Å². The van der Waals surface area contributed by atoms with Gasteiger partial charge >= 0.3 is 11.9 Å². The van der Waals surface area contributed by atoms with Gasteiger partial charge in [0, 0.05) is 11.3 Å². The van der Waals surface area contributed by atoms with Crippen LogP contribution in [0, 0.1) is 0 Å². The third-order valence-electron chi connectivity index (χ3n) is 4.81. The normalized spacial score (nSPS) is 15.6. The van der Waals surface area contributed by atoms with E-state index in [2.05, 4.69) is 15.0 Å². The molecule has 0 saturated heterocycles. The van der Waals surface area contributed by atoms with Crippen molar-refractivity contribution in [2.24, 2.45) is 4.99 Å². The first-order valence-electron chi connectivity index (χ1n) is 10.6. The minimum atomic E-state index is -3.73. The Hall–Kier alpha value is -3.73. The molecule has 0 fully saturated rings. The molecule has 0 aromatic heterocycles. The van der Waals surface area contributed by atoms with Gasteiger partial charge in [0.25, 0.3) is 15.9 Å². The first kappa shape index (κ1) is 24.9. The molecule has 0 saturated carbocycles. The van der Waals surface area contributed by atoms with Crippen LogP contribution in [0.2, 0.25) is 0 Å². The molecule has 1 aliphatic heterocycles. The van der Waals surface area contributed by atoms with Crippen molar-refractivity contribution in [1.29, 1.82) is 0 Å². The number of unbranched alkanes of at least 4 members (excludes halogenated alkanes) is 1. The number of hydrogen-bond donors (Lipinski definition) is 2. The Balaban J connectivity index is 1.51. The standard InChI is InChI=1S/C23H25N3O7S/c1-3-4-13-32-23(29)16-9-11-17(12-10-16)25-20(27)14-33-22(28)15(2)24-21-18-7-5-6-8-19(18)34(30,31)26-21/h5-12,15H,3-4,13-14H2,1-2H3,(H,24,26)(H,25,27). The summed E-state index contributed by atoms with van der Waals surface area (Å²) in [7, 11) is -3.73. The maximum absolute atomic E-state index is 12.3. The van der Waals surface area contributed by atoms with Crippen LogP contribution in [0.25, 0.3) is 0 Å². The molecule has 1 heterocycles. The number of aliphatic imine (C=N–C) groups is 1. The minimum absolute atomic E-state index is 0.0396. The lowest BCUT2D eigenvalue weighted by Crippen LogP contribution is -2.28. The highest BCUT2D eigenvalue weighted by molar-refractivity contribution is 7.90. The van der Waals surface area contributed by atoms with E-state index in [1.165, 1.54) is 37.3 Å². The molecule has 0 aliphatic carbocycles. The van der Waals surface area contributed by atoms with Gasteiger partial charge in [0.05, 0.1) is 17.1 Å². The van der Waals surface area contributed by atoms with Crippen molar-refractivity contribution in [2.75, 3.05) is 18.5 Å². The number of hydrogen-bond acceptors (Lipinski definition) is 8. The highest BCUT2D eigenvalue weighted by Crippen LogP contribution is 2.22. The molecule has 2 N–H and O–H groups in total. The molecule has 10 nitrogen and oxygen atoms in total. The third-order valence-corrected chi connectivity index (χ3v) is 6.20. The summed E-state index contributed by atoms with van der Waals surface area (Å²) in [5.74, 6) is -1.78. The number of rotatable bonds is 9. The van der Waals surface area contributed by atoms with Crippen molar-refractivity contribution < 1.29 is 32.3 Å². The summed E-state index contributed by atoms with van der Waals surface area (Å²) >= 11 is 0. The van der Waals surface area contributed by atoms with Crippen molar-refractivity contribution in [3.8, 4) is 0 Å². The van der Waals surface area contributed by atoms with Gasteiger partial charge in [-0.05, 0) is 49.7 Å². The van der Waals surface area contributed by atoms with E-state index in [0.29, 0.717) is 23.4 Å². The van der Waals surface area contributed by atoms with Gasteiger partial charge in [-0.15, -0.1) is 0 Å². The largest absolute Gasteiger partial charge is 0.462 e. The van der Waals surface area contributed by atoms with Crippen LogP contribution in [0.1, 0.15) is 42.6 Å². The number of fused-ring (bicyclic) bond motifs is 1. The van der Waals surface area contributed by atoms with E-state index in [-0.39, 0.29) is 10.7 Å². The van der Waals surface area contributed by atoms with Crippen molar-refractivity contribution in [3.63, 3.8) is 0 Å². The molecule has 3 rings (SSSR count). The number of benzene rings is 2. The summed E-state index contributed by atoms with van der Waals surface area (Å²) in [6.45, 7) is 3.22. The number of carbonyl (C=O) groups excluding carboxylic acids is 3. The van der Waals surface area contributed by atoms with Crippen LogP contribution >= 0.6 is 0 Å². The van der Waals surface area contributed by atoms with E-state index in [1.54, 1.807) is 18.2 Å². The Morgan fingerprint density at radius 3 is 2.47 bits per heavy atom. The van der Waals surface area contributed by atoms with E-state index in [9.17, 15) is 22.8 Å². The van der Waals surface area contributed by atoms with Gasteiger partial charge in [0.15, 0.2) is 6.61 Å². The van der Waals surface area contributed by atoms with Gasteiger partial charge in [-0.2, -0.15) is 0 Å². The van der Waals surface area contributed by atoms with E-state index in [1.807, 2.05) is 6.92 Å². The number of amides is 1. The highest BCUT2D eigenvalue weighted by atomic mass is 32.2. The Labute approximate surface area is 197 Å². The predicted molar refractivity (Wildman–Crippen MR) is 124 cm³/mol. The second kappa shape index (κ2) is 10.9. The van der Waals surface area contributed by atoms with Crippen LogP contribution in [0.5, 0.6) is 0 Å². The molecule has 1 atom stereocenters. The Kier molecular flexibility index (Phi) is 8.00. The third kappa shape index (κ3) is 6.19. The zero-order valence-electron chi connectivity index (χ0n) is 18.7. The monoisotopic (exact) mass is 487 g/mol. The molecule has 1 aliphatic rings. The number of sulfonamides is 1. The second-order valence-corrected chi connectivity index (χ2v) is 9.13. The summed E-state index contributed by atoms with van der Waals surface area (Å²) in [4.78, 5) is 40.5. The summed E-state index contributed by atoms with van der Waals surface area (Å²) < 4.78 is 36.7. The molecular weight excluding hydrogens is 462 g/mol. The SMILES string of the molecule is CCCCOC(=O)c1ccc(NC(=O)COC(=O)C(C)N=C2NS(=O)(=O)c3ccccc32)cc1. The fraction of sp³-hybridized carbons (Fsp3) is 0.304. The smallest absolute Gasteiger partial charge is 0.338 e. The minimum Gasteiger partial charge on any atom is -0.462 e. The fourth-order valence-corrected chi connectivity index (χ4v) is 4.25. The van der Waals surface area contributed by atoms with Crippen molar-refractivity contribution in [1.82, 2.24) is 4.72 Å². The second-order valence-electron chi connectivity index (χ2n) is 7.48. The van der Waals surface area contributed by atoms with Crippen LogP contribution < -0.4 is 10.0 Å². The summed E-state index contributed by atoms with van der Waals surface area (Å²) in [5, 5.41) is 2.56. The topological polar surface area (TPSA) is 140 Å². The number of nitrogens with zero attached hydrogens (tertiary/aromatic N) is 1. The Morgan fingerprint density at radius 1 is 1.06 bits per heavy atom. The molecular formula is C23H25N3O7S. The number of amidine groups is 1. The maximum atomic E-state index is 12.3. The number of ether oxygens (including phenoxy) is 2.